The lowest BCUT2D eigenvalue weighted by Crippen LogP contribution is -2.48. The Balaban J connectivity index is 2.06. The van der Waals surface area contributed by atoms with Gasteiger partial charge in [0.2, 0.25) is 0 Å². The van der Waals surface area contributed by atoms with Crippen LogP contribution in [0.2, 0.25) is 5.02 Å². The summed E-state index contributed by atoms with van der Waals surface area (Å²) in [6, 6.07) is 7.48. The summed E-state index contributed by atoms with van der Waals surface area (Å²) in [6.07, 6.45) is 1.04. The van der Waals surface area contributed by atoms with Crippen LogP contribution in [0.1, 0.15) is 6.42 Å². The molecule has 1 aromatic carbocycles. The van der Waals surface area contributed by atoms with Crippen LogP contribution in [0.15, 0.2) is 24.3 Å². The van der Waals surface area contributed by atoms with Gasteiger partial charge in [-0.3, -0.25) is 0 Å². The molecule has 0 radical (unpaired) electrons. The standard InChI is InChI=1S/C15H22ClN3OS/c1-18(2)10-14-11-21-8-4-7-19(14)15(20)17-13-6-3-5-12(16)9-13/h3,5-6,9,14H,4,7-8,10-11H2,1-2H3,(H,17,20)/t14-/m0/s1. The molecule has 0 unspecified atom stereocenters. The van der Waals surface area contributed by atoms with Crippen LogP contribution < -0.4 is 5.32 Å². The van der Waals surface area contributed by atoms with Gasteiger partial charge in [-0.25, -0.2) is 4.79 Å². The summed E-state index contributed by atoms with van der Waals surface area (Å²) < 4.78 is 0. The third kappa shape index (κ3) is 5.09. The van der Waals surface area contributed by atoms with E-state index in [1.54, 1.807) is 12.1 Å². The fourth-order valence-corrected chi connectivity index (χ4v) is 3.68. The van der Waals surface area contributed by atoms with Crippen LogP contribution in [0.4, 0.5) is 10.5 Å². The number of hydrogen-bond donors (Lipinski definition) is 1. The zero-order valence-corrected chi connectivity index (χ0v) is 14.1. The summed E-state index contributed by atoms with van der Waals surface area (Å²) in [7, 11) is 4.09. The van der Waals surface area contributed by atoms with Gasteiger partial charge in [-0.1, -0.05) is 17.7 Å². The Morgan fingerprint density at radius 1 is 1.52 bits per heavy atom. The van der Waals surface area contributed by atoms with Gasteiger partial charge >= 0.3 is 6.03 Å². The van der Waals surface area contributed by atoms with Gasteiger partial charge in [-0.2, -0.15) is 11.8 Å². The van der Waals surface area contributed by atoms with E-state index in [4.69, 9.17) is 11.6 Å². The molecule has 1 saturated heterocycles. The van der Waals surface area contributed by atoms with Crippen molar-refractivity contribution in [1.82, 2.24) is 9.80 Å². The number of carbonyl (C=O) groups excluding carboxylic acids is 1. The highest BCUT2D eigenvalue weighted by Crippen LogP contribution is 2.20. The van der Waals surface area contributed by atoms with Crippen LogP contribution in [0.25, 0.3) is 0 Å². The molecular formula is C15H22ClN3OS. The molecular weight excluding hydrogens is 306 g/mol. The number of likely N-dealkylation sites (N-methyl/N-ethyl adjacent to an activating group) is 1. The van der Waals surface area contributed by atoms with Gasteiger partial charge in [0.25, 0.3) is 0 Å². The molecule has 1 heterocycles. The molecule has 2 amide bonds. The summed E-state index contributed by atoms with van der Waals surface area (Å²) in [5, 5.41) is 3.59. The van der Waals surface area contributed by atoms with E-state index in [2.05, 4.69) is 10.2 Å². The first-order valence-electron chi connectivity index (χ1n) is 7.12. The van der Waals surface area contributed by atoms with Crippen LogP contribution in [-0.2, 0) is 0 Å². The topological polar surface area (TPSA) is 35.6 Å². The van der Waals surface area contributed by atoms with Gasteiger partial charge in [0.1, 0.15) is 0 Å². The van der Waals surface area contributed by atoms with Crippen molar-refractivity contribution in [2.75, 3.05) is 44.0 Å². The van der Waals surface area contributed by atoms with Crippen molar-refractivity contribution >= 4 is 35.1 Å². The van der Waals surface area contributed by atoms with Gasteiger partial charge in [0.15, 0.2) is 0 Å². The van der Waals surface area contributed by atoms with Crippen LogP contribution in [0.5, 0.6) is 0 Å². The molecule has 1 aliphatic rings. The number of halogens is 1. The zero-order chi connectivity index (χ0) is 15.2. The van der Waals surface area contributed by atoms with E-state index >= 15 is 0 Å². The number of anilines is 1. The molecule has 0 aliphatic carbocycles. The Hall–Kier alpha value is -0.910. The lowest BCUT2D eigenvalue weighted by Gasteiger charge is -2.31. The molecule has 1 atom stereocenters. The van der Waals surface area contributed by atoms with Crippen molar-refractivity contribution in [1.29, 1.82) is 0 Å². The second kappa shape index (κ2) is 7.92. The lowest BCUT2D eigenvalue weighted by atomic mass is 10.2. The van der Waals surface area contributed by atoms with Crippen molar-refractivity contribution in [3.8, 4) is 0 Å². The molecule has 116 valence electrons. The number of nitrogens with one attached hydrogen (secondary N) is 1. The number of carbonyl (C=O) groups is 1. The largest absolute Gasteiger partial charge is 0.322 e. The number of urea groups is 1. The lowest BCUT2D eigenvalue weighted by molar-refractivity contribution is 0.180. The summed E-state index contributed by atoms with van der Waals surface area (Å²) in [4.78, 5) is 16.7. The van der Waals surface area contributed by atoms with E-state index in [1.807, 2.05) is 42.9 Å². The molecule has 1 aliphatic heterocycles. The van der Waals surface area contributed by atoms with Crippen molar-refractivity contribution in [3.05, 3.63) is 29.3 Å². The maximum Gasteiger partial charge on any atom is 0.322 e. The molecule has 1 aromatic rings. The second-order valence-corrected chi connectivity index (χ2v) is 7.06. The van der Waals surface area contributed by atoms with Crippen LogP contribution >= 0.6 is 23.4 Å². The molecule has 1 fully saturated rings. The molecule has 0 spiro atoms. The number of benzene rings is 1. The predicted molar refractivity (Wildman–Crippen MR) is 91.5 cm³/mol. The number of nitrogens with zero attached hydrogens (tertiary/aromatic N) is 2. The van der Waals surface area contributed by atoms with Crippen molar-refractivity contribution < 1.29 is 4.79 Å². The summed E-state index contributed by atoms with van der Waals surface area (Å²) in [5.74, 6) is 2.10. The maximum absolute atomic E-state index is 12.6. The number of rotatable bonds is 3. The molecule has 0 saturated carbocycles. The van der Waals surface area contributed by atoms with Crippen molar-refractivity contribution in [2.24, 2.45) is 0 Å². The number of thioether (sulfide) groups is 1. The third-order valence-electron chi connectivity index (χ3n) is 3.35. The fraction of sp³-hybridized carbons (Fsp3) is 0.533. The molecule has 21 heavy (non-hydrogen) atoms. The molecule has 6 heteroatoms. The minimum Gasteiger partial charge on any atom is -0.319 e. The molecule has 4 nitrogen and oxygen atoms in total. The first kappa shape index (κ1) is 16.5. The maximum atomic E-state index is 12.6. The zero-order valence-electron chi connectivity index (χ0n) is 12.5. The average Bonchev–Trinajstić information content (AvgIpc) is 2.63. The minimum atomic E-state index is -0.0355. The van der Waals surface area contributed by atoms with E-state index in [0.29, 0.717) is 5.02 Å². The summed E-state index contributed by atoms with van der Waals surface area (Å²) >= 11 is 7.89. The Morgan fingerprint density at radius 2 is 2.33 bits per heavy atom. The van der Waals surface area contributed by atoms with Crippen LogP contribution in [0, 0.1) is 0 Å². The molecule has 2 rings (SSSR count). The van der Waals surface area contributed by atoms with Gasteiger partial charge in [0.05, 0.1) is 6.04 Å². The normalized spacial score (nSPS) is 19.4. The summed E-state index contributed by atoms with van der Waals surface area (Å²) in [6.45, 7) is 1.69. The highest BCUT2D eigenvalue weighted by Gasteiger charge is 2.26. The quantitative estimate of drug-likeness (QED) is 0.925. The van der Waals surface area contributed by atoms with Gasteiger partial charge in [-0.15, -0.1) is 0 Å². The SMILES string of the molecule is CN(C)C[C@H]1CSCCCN1C(=O)Nc1cccc(Cl)c1. The Labute approximate surface area is 135 Å². The number of amides is 2. The second-order valence-electron chi connectivity index (χ2n) is 5.48. The van der Waals surface area contributed by atoms with Gasteiger partial charge < -0.3 is 15.1 Å². The van der Waals surface area contributed by atoms with Crippen molar-refractivity contribution in [3.63, 3.8) is 0 Å². The highest BCUT2D eigenvalue weighted by atomic mass is 35.5. The fourth-order valence-electron chi connectivity index (χ4n) is 2.43. The Bertz CT molecular complexity index is 484. The number of hydrogen-bond acceptors (Lipinski definition) is 3. The van der Waals surface area contributed by atoms with E-state index in [0.717, 1.165) is 36.7 Å². The minimum absolute atomic E-state index is 0.0355. The van der Waals surface area contributed by atoms with E-state index in [-0.39, 0.29) is 12.1 Å². The van der Waals surface area contributed by atoms with Gasteiger partial charge in [-0.05, 0) is 44.5 Å². The summed E-state index contributed by atoms with van der Waals surface area (Å²) in [5.41, 5.74) is 0.744. The molecule has 0 aromatic heterocycles. The van der Waals surface area contributed by atoms with E-state index in [1.165, 1.54) is 0 Å². The monoisotopic (exact) mass is 327 g/mol. The average molecular weight is 328 g/mol. The van der Waals surface area contributed by atoms with E-state index in [9.17, 15) is 4.79 Å². The first-order valence-corrected chi connectivity index (χ1v) is 8.65. The van der Waals surface area contributed by atoms with Gasteiger partial charge in [0, 0.05) is 29.6 Å². The smallest absolute Gasteiger partial charge is 0.319 e. The first-order chi connectivity index (χ1) is 10.1. The van der Waals surface area contributed by atoms with Crippen LogP contribution in [-0.4, -0.2) is 60.6 Å². The highest BCUT2D eigenvalue weighted by molar-refractivity contribution is 7.99. The third-order valence-corrected chi connectivity index (χ3v) is 4.78. The molecule has 0 bridgehead atoms. The van der Waals surface area contributed by atoms with Crippen molar-refractivity contribution in [2.45, 2.75) is 12.5 Å². The Morgan fingerprint density at radius 3 is 3.05 bits per heavy atom. The Kier molecular flexibility index (Phi) is 6.21. The van der Waals surface area contributed by atoms with E-state index < -0.39 is 0 Å². The predicted octanol–water partition coefficient (Wildman–Crippen LogP) is 3.24. The van der Waals surface area contributed by atoms with Crippen LogP contribution in [0.3, 0.4) is 0 Å². The molecule has 1 N–H and O–H groups in total.